The first-order valence-electron chi connectivity index (χ1n) is 9.20. The van der Waals surface area contributed by atoms with Crippen molar-refractivity contribution in [2.75, 3.05) is 13.1 Å². The van der Waals surface area contributed by atoms with Gasteiger partial charge in [0.15, 0.2) is 0 Å². The van der Waals surface area contributed by atoms with Crippen LogP contribution >= 0.6 is 11.6 Å². The normalized spacial score (nSPS) is 22.2. The largest absolute Gasteiger partial charge is 0.273 e. The van der Waals surface area contributed by atoms with E-state index in [2.05, 4.69) is 22.7 Å². The van der Waals surface area contributed by atoms with E-state index >= 15 is 0 Å². The zero-order valence-electron chi connectivity index (χ0n) is 15.1. The summed E-state index contributed by atoms with van der Waals surface area (Å²) < 4.78 is 26.8. The molecular weight excluding hydrogens is 386 g/mol. The van der Waals surface area contributed by atoms with Gasteiger partial charge in [0, 0.05) is 30.2 Å². The highest BCUT2D eigenvalue weighted by molar-refractivity contribution is 7.89. The summed E-state index contributed by atoms with van der Waals surface area (Å²) in [5.41, 5.74) is 2.61. The lowest BCUT2D eigenvalue weighted by molar-refractivity contribution is -0.126. The van der Waals surface area contributed by atoms with Crippen molar-refractivity contribution in [1.29, 1.82) is 0 Å². The van der Waals surface area contributed by atoms with Gasteiger partial charge in [-0.2, -0.15) is 9.41 Å². The van der Waals surface area contributed by atoms with Gasteiger partial charge in [0.1, 0.15) is 0 Å². The number of carbonyl (C=O) groups excluding carboxylic acids is 1. The summed E-state index contributed by atoms with van der Waals surface area (Å²) in [4.78, 5) is 12.5. The molecule has 1 fully saturated rings. The zero-order valence-corrected chi connectivity index (χ0v) is 16.6. The first-order valence-corrected chi connectivity index (χ1v) is 11.0. The molecule has 1 amide bonds. The number of carbonyl (C=O) groups is 1. The van der Waals surface area contributed by atoms with Crippen LogP contribution < -0.4 is 5.43 Å². The molecule has 27 heavy (non-hydrogen) atoms. The molecule has 0 spiro atoms. The minimum absolute atomic E-state index is 0.138. The fourth-order valence-corrected chi connectivity index (χ4v) is 4.96. The number of sulfonamides is 1. The number of halogens is 1. The lowest BCUT2D eigenvalue weighted by Gasteiger charge is -2.30. The number of nitrogens with zero attached hydrogens (tertiary/aromatic N) is 2. The van der Waals surface area contributed by atoms with Crippen LogP contribution in [0.5, 0.6) is 0 Å². The second-order valence-corrected chi connectivity index (χ2v) is 9.31. The highest BCUT2D eigenvalue weighted by atomic mass is 35.5. The van der Waals surface area contributed by atoms with E-state index in [-0.39, 0.29) is 16.7 Å². The molecule has 1 aromatic carbocycles. The van der Waals surface area contributed by atoms with Crippen LogP contribution in [0.1, 0.15) is 32.1 Å². The molecule has 146 valence electrons. The number of benzene rings is 1. The van der Waals surface area contributed by atoms with E-state index in [0.29, 0.717) is 36.9 Å². The van der Waals surface area contributed by atoms with Crippen LogP contribution in [-0.4, -0.2) is 37.9 Å². The fraction of sp³-hybridized carbons (Fsp3) is 0.474. The number of allylic oxidation sites excluding steroid dienone is 2. The van der Waals surface area contributed by atoms with E-state index in [1.54, 1.807) is 12.1 Å². The molecule has 1 saturated heterocycles. The minimum atomic E-state index is -3.55. The molecule has 1 aromatic rings. The van der Waals surface area contributed by atoms with Gasteiger partial charge < -0.3 is 0 Å². The van der Waals surface area contributed by atoms with E-state index in [1.807, 2.05) is 6.21 Å². The maximum absolute atomic E-state index is 12.7. The van der Waals surface area contributed by atoms with Gasteiger partial charge in [0.2, 0.25) is 15.9 Å². The molecule has 1 aliphatic carbocycles. The number of piperidine rings is 1. The summed E-state index contributed by atoms with van der Waals surface area (Å²) >= 11 is 5.83. The Labute approximate surface area is 165 Å². The van der Waals surface area contributed by atoms with Crippen molar-refractivity contribution >= 4 is 33.7 Å². The molecule has 0 unspecified atom stereocenters. The molecule has 1 heterocycles. The molecule has 1 aliphatic heterocycles. The summed E-state index contributed by atoms with van der Waals surface area (Å²) in [6, 6.07) is 6.14. The Morgan fingerprint density at radius 2 is 1.85 bits per heavy atom. The Morgan fingerprint density at radius 1 is 1.15 bits per heavy atom. The second-order valence-electron chi connectivity index (χ2n) is 6.93. The average molecular weight is 410 g/mol. The number of amides is 1. The van der Waals surface area contributed by atoms with Gasteiger partial charge in [-0.25, -0.2) is 13.8 Å². The molecule has 2 aliphatic rings. The molecule has 3 rings (SSSR count). The molecule has 0 saturated carbocycles. The minimum Gasteiger partial charge on any atom is -0.273 e. The lowest BCUT2D eigenvalue weighted by Crippen LogP contribution is -2.42. The number of rotatable bonds is 5. The maximum atomic E-state index is 12.7. The summed E-state index contributed by atoms with van der Waals surface area (Å²) in [5, 5.41) is 4.59. The van der Waals surface area contributed by atoms with Crippen molar-refractivity contribution in [3.05, 3.63) is 41.4 Å². The summed E-state index contributed by atoms with van der Waals surface area (Å²) in [5.74, 6) is 0.0212. The van der Waals surface area contributed by atoms with Gasteiger partial charge in [-0.05, 0) is 62.3 Å². The summed E-state index contributed by atoms with van der Waals surface area (Å²) in [6.45, 7) is 0.639. The molecular formula is C19H24ClN3O3S. The fourth-order valence-electron chi connectivity index (χ4n) is 3.36. The number of nitrogens with one attached hydrogen (secondary N) is 1. The second kappa shape index (κ2) is 8.99. The number of hydrogen-bond acceptors (Lipinski definition) is 4. The Hall–Kier alpha value is -1.70. The van der Waals surface area contributed by atoms with Crippen LogP contribution in [-0.2, 0) is 14.8 Å². The van der Waals surface area contributed by atoms with Crippen LogP contribution in [0, 0.1) is 11.8 Å². The Morgan fingerprint density at radius 3 is 2.48 bits per heavy atom. The van der Waals surface area contributed by atoms with Crippen molar-refractivity contribution in [3.8, 4) is 0 Å². The van der Waals surface area contributed by atoms with Crippen molar-refractivity contribution in [3.63, 3.8) is 0 Å². The number of hydrazone groups is 1. The van der Waals surface area contributed by atoms with Crippen LogP contribution in [0.25, 0.3) is 0 Å². The van der Waals surface area contributed by atoms with Gasteiger partial charge >= 0.3 is 0 Å². The van der Waals surface area contributed by atoms with Gasteiger partial charge in [-0.1, -0.05) is 23.8 Å². The first-order chi connectivity index (χ1) is 13.0. The van der Waals surface area contributed by atoms with Crippen molar-refractivity contribution < 1.29 is 13.2 Å². The summed E-state index contributed by atoms with van der Waals surface area (Å²) in [6.07, 6.45) is 10.1. The third kappa shape index (κ3) is 5.18. The lowest BCUT2D eigenvalue weighted by atomic mass is 9.96. The predicted octanol–water partition coefficient (Wildman–Crippen LogP) is 3.20. The van der Waals surface area contributed by atoms with E-state index < -0.39 is 10.0 Å². The third-order valence-electron chi connectivity index (χ3n) is 5.05. The van der Waals surface area contributed by atoms with Crippen molar-refractivity contribution in [1.82, 2.24) is 9.73 Å². The monoisotopic (exact) mass is 409 g/mol. The maximum Gasteiger partial charge on any atom is 0.243 e. The van der Waals surface area contributed by atoms with E-state index in [1.165, 1.54) is 16.4 Å². The molecule has 6 nitrogen and oxygen atoms in total. The molecule has 0 bridgehead atoms. The zero-order chi connectivity index (χ0) is 19.3. The van der Waals surface area contributed by atoms with E-state index in [0.717, 1.165) is 19.3 Å². The van der Waals surface area contributed by atoms with Crippen LogP contribution in [0.15, 0.2) is 46.4 Å². The molecule has 1 atom stereocenters. The third-order valence-corrected chi connectivity index (χ3v) is 7.21. The topological polar surface area (TPSA) is 78.8 Å². The van der Waals surface area contributed by atoms with E-state index in [9.17, 15) is 13.2 Å². The SMILES string of the molecule is O=C(N/N=C\[C@H]1CC=CCC1)C1CCN(S(=O)(=O)c2ccc(Cl)cc2)CC1. The Kier molecular flexibility index (Phi) is 6.68. The van der Waals surface area contributed by atoms with Crippen LogP contribution in [0.2, 0.25) is 5.02 Å². The smallest absolute Gasteiger partial charge is 0.243 e. The van der Waals surface area contributed by atoms with Gasteiger partial charge in [0.05, 0.1) is 4.90 Å². The summed E-state index contributed by atoms with van der Waals surface area (Å²) in [7, 11) is -3.55. The van der Waals surface area contributed by atoms with Crippen LogP contribution in [0.4, 0.5) is 0 Å². The molecule has 0 radical (unpaired) electrons. The van der Waals surface area contributed by atoms with Crippen LogP contribution in [0.3, 0.4) is 0 Å². The molecule has 0 aromatic heterocycles. The Bertz CT molecular complexity index is 813. The van der Waals surface area contributed by atoms with Crippen molar-refractivity contribution in [2.24, 2.45) is 16.9 Å². The first kappa shape index (κ1) is 20.0. The molecule has 8 heteroatoms. The molecule has 1 N–H and O–H groups in total. The van der Waals surface area contributed by atoms with Gasteiger partial charge in [0.25, 0.3) is 0 Å². The predicted molar refractivity (Wildman–Crippen MR) is 106 cm³/mol. The number of hydrogen-bond donors (Lipinski definition) is 1. The van der Waals surface area contributed by atoms with Gasteiger partial charge in [-0.15, -0.1) is 0 Å². The Balaban J connectivity index is 1.50. The standard InChI is InChI=1S/C19H24ClN3O3S/c20-17-6-8-18(9-7-17)27(25,26)23-12-10-16(11-13-23)19(24)22-21-14-15-4-2-1-3-5-15/h1-2,6-9,14-16H,3-5,10-13H2,(H,22,24)/b21-14-/t15-/m0/s1. The highest BCUT2D eigenvalue weighted by Crippen LogP contribution is 2.25. The quantitative estimate of drug-likeness (QED) is 0.460. The average Bonchev–Trinajstić information content (AvgIpc) is 2.69. The van der Waals surface area contributed by atoms with E-state index in [4.69, 9.17) is 11.6 Å². The van der Waals surface area contributed by atoms with Crippen molar-refractivity contribution in [2.45, 2.75) is 37.0 Å². The highest BCUT2D eigenvalue weighted by Gasteiger charge is 2.32. The van der Waals surface area contributed by atoms with Gasteiger partial charge in [-0.3, -0.25) is 4.79 Å².